The van der Waals surface area contributed by atoms with Crippen LogP contribution in [0.4, 0.5) is 5.82 Å². The number of fused-ring (bicyclic) bond motifs is 3. The Labute approximate surface area is 127 Å². The van der Waals surface area contributed by atoms with Crippen LogP contribution in [0.5, 0.6) is 0 Å². The van der Waals surface area contributed by atoms with E-state index in [0.717, 1.165) is 47.5 Å². The Balaban J connectivity index is 1.92. The summed E-state index contributed by atoms with van der Waals surface area (Å²) in [5.74, 6) is 7.29. The van der Waals surface area contributed by atoms with Gasteiger partial charge in [0.05, 0.1) is 5.39 Å². The highest BCUT2D eigenvalue weighted by molar-refractivity contribution is 7.19. The molecule has 0 saturated heterocycles. The summed E-state index contributed by atoms with van der Waals surface area (Å²) in [6.07, 6.45) is 7.93. The van der Waals surface area contributed by atoms with Gasteiger partial charge in [-0.2, -0.15) is 0 Å². The number of nitrogens with two attached hydrogens (primary N) is 1. The molecule has 1 saturated carbocycles. The first-order valence-corrected chi connectivity index (χ1v) is 8.43. The maximum atomic E-state index is 5.74. The predicted molar refractivity (Wildman–Crippen MR) is 84.4 cm³/mol. The van der Waals surface area contributed by atoms with Gasteiger partial charge >= 0.3 is 0 Å². The van der Waals surface area contributed by atoms with Crippen molar-refractivity contribution >= 4 is 27.4 Å². The summed E-state index contributed by atoms with van der Waals surface area (Å²) in [4.78, 5) is 12.1. The van der Waals surface area contributed by atoms with E-state index in [-0.39, 0.29) is 5.60 Å². The smallest absolute Gasteiger partial charge is 0.164 e. The molecule has 112 valence electrons. The highest BCUT2D eigenvalue weighted by Crippen LogP contribution is 2.45. The minimum absolute atomic E-state index is 0.301. The van der Waals surface area contributed by atoms with Gasteiger partial charge in [0, 0.05) is 12.0 Å². The first kappa shape index (κ1) is 13.4. The number of anilines is 1. The Bertz CT molecular complexity index is 687. The van der Waals surface area contributed by atoms with Crippen molar-refractivity contribution in [1.29, 1.82) is 0 Å². The summed E-state index contributed by atoms with van der Waals surface area (Å²) in [5.41, 5.74) is 3.89. The summed E-state index contributed by atoms with van der Waals surface area (Å²) in [6, 6.07) is 0. The van der Waals surface area contributed by atoms with Crippen LogP contribution in [-0.2, 0) is 23.2 Å². The van der Waals surface area contributed by atoms with Crippen LogP contribution >= 0.6 is 11.3 Å². The molecule has 4 rings (SSSR count). The number of ether oxygens (including phenoxy) is 1. The zero-order valence-corrected chi connectivity index (χ0v) is 13.1. The van der Waals surface area contributed by atoms with E-state index in [0.29, 0.717) is 0 Å². The van der Waals surface area contributed by atoms with Crippen molar-refractivity contribution in [3.8, 4) is 0 Å². The standard InChI is InChI=1S/C15H20N4OS/c1-20-15(7-4-8-15)14-17-12(19-16)11-9-5-2-3-6-10(9)21-13(11)18-14/h2-8,16H2,1H3,(H,17,18,19). The molecule has 0 unspecified atom stereocenters. The quantitative estimate of drug-likeness (QED) is 0.674. The second-order valence-electron chi connectivity index (χ2n) is 5.98. The van der Waals surface area contributed by atoms with Crippen molar-refractivity contribution < 1.29 is 4.74 Å². The van der Waals surface area contributed by atoms with Crippen LogP contribution in [0.15, 0.2) is 0 Å². The number of rotatable bonds is 3. The largest absolute Gasteiger partial charge is 0.370 e. The highest BCUT2D eigenvalue weighted by atomic mass is 32.1. The molecule has 2 heterocycles. The summed E-state index contributed by atoms with van der Waals surface area (Å²) < 4.78 is 5.72. The molecule has 6 heteroatoms. The number of nitrogens with one attached hydrogen (secondary N) is 1. The van der Waals surface area contributed by atoms with Crippen LogP contribution in [0.25, 0.3) is 10.2 Å². The lowest BCUT2D eigenvalue weighted by molar-refractivity contribution is -0.0843. The van der Waals surface area contributed by atoms with E-state index in [1.165, 1.54) is 29.7 Å². The van der Waals surface area contributed by atoms with Gasteiger partial charge in [-0.3, -0.25) is 0 Å². The van der Waals surface area contributed by atoms with Crippen molar-refractivity contribution in [2.75, 3.05) is 12.5 Å². The number of hydrazine groups is 1. The number of hydrogen-bond acceptors (Lipinski definition) is 6. The molecule has 2 aliphatic carbocycles. The molecule has 2 aromatic heterocycles. The third kappa shape index (κ3) is 1.89. The minimum Gasteiger partial charge on any atom is -0.370 e. The van der Waals surface area contributed by atoms with Crippen molar-refractivity contribution in [2.24, 2.45) is 5.84 Å². The minimum atomic E-state index is -0.301. The van der Waals surface area contributed by atoms with Crippen LogP contribution < -0.4 is 11.3 Å². The fourth-order valence-corrected chi connectivity index (χ4v) is 4.74. The molecule has 21 heavy (non-hydrogen) atoms. The Morgan fingerprint density at radius 2 is 2.00 bits per heavy atom. The van der Waals surface area contributed by atoms with E-state index in [1.54, 1.807) is 18.4 Å². The third-order valence-electron chi connectivity index (χ3n) is 4.91. The number of nitrogens with zero attached hydrogens (tertiary/aromatic N) is 2. The maximum Gasteiger partial charge on any atom is 0.164 e. The fraction of sp³-hybridized carbons (Fsp3) is 0.600. The van der Waals surface area contributed by atoms with Crippen LogP contribution in [0, 0.1) is 0 Å². The molecule has 0 bridgehead atoms. The fourth-order valence-electron chi connectivity index (χ4n) is 3.48. The topological polar surface area (TPSA) is 73.1 Å². The van der Waals surface area contributed by atoms with Gasteiger partial charge < -0.3 is 10.2 Å². The van der Waals surface area contributed by atoms with Gasteiger partial charge in [0.25, 0.3) is 0 Å². The van der Waals surface area contributed by atoms with Crippen molar-refractivity contribution in [3.63, 3.8) is 0 Å². The van der Waals surface area contributed by atoms with Crippen LogP contribution in [0.1, 0.15) is 48.4 Å². The molecule has 0 aromatic carbocycles. The number of hydrogen-bond donors (Lipinski definition) is 2. The molecule has 5 nitrogen and oxygen atoms in total. The van der Waals surface area contributed by atoms with E-state index in [4.69, 9.17) is 20.5 Å². The Hall–Kier alpha value is -1.24. The van der Waals surface area contributed by atoms with Gasteiger partial charge in [0.15, 0.2) is 11.6 Å². The Kier molecular flexibility index (Phi) is 3.13. The molecule has 0 atom stereocenters. The lowest BCUT2D eigenvalue weighted by Crippen LogP contribution is -2.38. The van der Waals surface area contributed by atoms with Gasteiger partial charge in [0.2, 0.25) is 0 Å². The van der Waals surface area contributed by atoms with E-state index >= 15 is 0 Å². The van der Waals surface area contributed by atoms with Gasteiger partial charge in [0.1, 0.15) is 10.4 Å². The molecule has 3 N–H and O–H groups in total. The predicted octanol–water partition coefficient (Wildman–Crippen LogP) is 2.88. The summed E-state index contributed by atoms with van der Waals surface area (Å²) in [7, 11) is 1.75. The van der Waals surface area contributed by atoms with E-state index in [2.05, 4.69) is 5.43 Å². The molecular formula is C15H20N4OS. The summed E-state index contributed by atoms with van der Waals surface area (Å²) >= 11 is 1.80. The SMILES string of the molecule is COC1(c2nc(NN)c3c4c(sc3n2)CCCC4)CCC1. The molecule has 0 aliphatic heterocycles. The van der Waals surface area contributed by atoms with E-state index < -0.39 is 0 Å². The lowest BCUT2D eigenvalue weighted by atomic mass is 9.79. The molecule has 0 amide bonds. The van der Waals surface area contributed by atoms with Gasteiger partial charge in [-0.15, -0.1) is 11.3 Å². The normalized spacial score (nSPS) is 20.1. The molecule has 0 spiro atoms. The zero-order valence-electron chi connectivity index (χ0n) is 12.2. The molecule has 1 fully saturated rings. The zero-order chi connectivity index (χ0) is 14.4. The summed E-state index contributed by atoms with van der Waals surface area (Å²) in [6.45, 7) is 0. The Morgan fingerprint density at radius 1 is 1.19 bits per heavy atom. The third-order valence-corrected chi connectivity index (χ3v) is 6.10. The maximum absolute atomic E-state index is 5.74. The monoisotopic (exact) mass is 304 g/mol. The lowest BCUT2D eigenvalue weighted by Gasteiger charge is -2.38. The van der Waals surface area contributed by atoms with Crippen LogP contribution in [-0.4, -0.2) is 17.1 Å². The van der Waals surface area contributed by atoms with E-state index in [1.807, 2.05) is 0 Å². The first-order chi connectivity index (χ1) is 10.3. The highest BCUT2D eigenvalue weighted by Gasteiger charge is 2.42. The van der Waals surface area contributed by atoms with Crippen LogP contribution in [0.2, 0.25) is 0 Å². The molecule has 0 radical (unpaired) electrons. The summed E-state index contributed by atoms with van der Waals surface area (Å²) in [5, 5.41) is 1.13. The van der Waals surface area contributed by atoms with Crippen molar-refractivity contribution in [3.05, 3.63) is 16.3 Å². The first-order valence-electron chi connectivity index (χ1n) is 7.62. The molecule has 2 aliphatic rings. The van der Waals surface area contributed by atoms with Gasteiger partial charge in [-0.1, -0.05) is 0 Å². The average molecular weight is 304 g/mol. The number of methoxy groups -OCH3 is 1. The second-order valence-corrected chi connectivity index (χ2v) is 7.07. The number of aromatic nitrogens is 2. The number of thiophene rings is 1. The van der Waals surface area contributed by atoms with Gasteiger partial charge in [-0.05, 0) is 50.5 Å². The van der Waals surface area contributed by atoms with E-state index in [9.17, 15) is 0 Å². The number of nitrogen functional groups attached to an aromatic ring is 1. The van der Waals surface area contributed by atoms with Crippen molar-refractivity contribution in [2.45, 2.75) is 50.5 Å². The van der Waals surface area contributed by atoms with Crippen molar-refractivity contribution in [1.82, 2.24) is 9.97 Å². The average Bonchev–Trinajstić information content (AvgIpc) is 2.84. The molecule has 2 aromatic rings. The second kappa shape index (κ2) is 4.90. The number of aryl methyl sites for hydroxylation is 2. The Morgan fingerprint density at radius 3 is 2.67 bits per heavy atom. The van der Waals surface area contributed by atoms with Crippen LogP contribution in [0.3, 0.4) is 0 Å². The van der Waals surface area contributed by atoms with Gasteiger partial charge in [-0.25, -0.2) is 15.8 Å². The molecular weight excluding hydrogens is 284 g/mol.